The first-order valence-electron chi connectivity index (χ1n) is 14.6. The van der Waals surface area contributed by atoms with Crippen molar-refractivity contribution in [1.82, 2.24) is 10.6 Å². The molecular weight excluding hydrogens is 516 g/mol. The number of hydrogen-bond acceptors (Lipinski definition) is 5. The number of esters is 1. The Kier molecular flexibility index (Phi) is 12.8. The molecule has 1 fully saturated rings. The highest BCUT2D eigenvalue weighted by molar-refractivity contribution is 5.86. The smallest absolute Gasteiger partial charge is 0.309 e. The maximum absolute atomic E-state index is 13.4. The third-order valence-electron chi connectivity index (χ3n) is 7.73. The van der Waals surface area contributed by atoms with Crippen LogP contribution >= 0.6 is 0 Å². The highest BCUT2D eigenvalue weighted by atomic mass is 16.5. The van der Waals surface area contributed by atoms with E-state index in [-0.39, 0.29) is 43.3 Å². The molecule has 41 heavy (non-hydrogen) atoms. The van der Waals surface area contributed by atoms with E-state index >= 15 is 0 Å². The quantitative estimate of drug-likeness (QED) is 0.192. The van der Waals surface area contributed by atoms with Gasteiger partial charge in [-0.15, -0.1) is 13.2 Å². The molecule has 0 saturated heterocycles. The van der Waals surface area contributed by atoms with Gasteiger partial charge in [0.2, 0.25) is 11.8 Å². The molecule has 3 rings (SSSR count). The number of ether oxygens (including phenoxy) is 1. The zero-order valence-corrected chi connectivity index (χ0v) is 23.9. The number of rotatable bonds is 17. The predicted octanol–water partition coefficient (Wildman–Crippen LogP) is 4.70. The number of aliphatic hydroxyl groups excluding tert-OH is 1. The number of amides is 2. The van der Waals surface area contributed by atoms with Crippen molar-refractivity contribution >= 4 is 17.8 Å². The van der Waals surface area contributed by atoms with Crippen molar-refractivity contribution in [3.63, 3.8) is 0 Å². The summed E-state index contributed by atoms with van der Waals surface area (Å²) in [5.41, 5.74) is 1.43. The molecule has 1 aliphatic rings. The first kappa shape index (κ1) is 31.8. The largest absolute Gasteiger partial charge is 0.463 e. The highest BCUT2D eigenvalue weighted by Crippen LogP contribution is 2.29. The van der Waals surface area contributed by atoms with Crippen molar-refractivity contribution in [1.29, 1.82) is 0 Å². The molecular formula is C34H44N2O5. The van der Waals surface area contributed by atoms with Gasteiger partial charge in [0.05, 0.1) is 30.0 Å². The van der Waals surface area contributed by atoms with Crippen molar-refractivity contribution in [2.75, 3.05) is 13.2 Å². The molecule has 2 aromatic carbocycles. The third-order valence-corrected chi connectivity index (χ3v) is 7.73. The minimum absolute atomic E-state index is 0.00251. The van der Waals surface area contributed by atoms with Crippen LogP contribution < -0.4 is 10.6 Å². The van der Waals surface area contributed by atoms with E-state index in [9.17, 15) is 19.5 Å². The minimum Gasteiger partial charge on any atom is -0.463 e. The Balaban J connectivity index is 1.67. The number of aliphatic hydroxyl groups is 1. The Morgan fingerprint density at radius 1 is 0.878 bits per heavy atom. The Morgan fingerprint density at radius 2 is 1.44 bits per heavy atom. The number of benzene rings is 2. The zero-order chi connectivity index (χ0) is 29.5. The number of hydrogen-bond donors (Lipinski definition) is 3. The molecule has 0 aliphatic heterocycles. The van der Waals surface area contributed by atoms with Crippen LogP contribution in [-0.2, 0) is 32.0 Å². The second-order valence-electron chi connectivity index (χ2n) is 11.1. The molecule has 3 N–H and O–H groups in total. The maximum atomic E-state index is 13.4. The molecule has 0 heterocycles. The van der Waals surface area contributed by atoms with Gasteiger partial charge in [0.15, 0.2) is 0 Å². The molecule has 0 bridgehead atoms. The molecule has 7 nitrogen and oxygen atoms in total. The van der Waals surface area contributed by atoms with E-state index in [1.54, 1.807) is 12.2 Å². The predicted molar refractivity (Wildman–Crippen MR) is 161 cm³/mol. The van der Waals surface area contributed by atoms with E-state index in [1.165, 1.54) is 0 Å². The Labute approximate surface area is 244 Å². The van der Waals surface area contributed by atoms with Gasteiger partial charge in [0.1, 0.15) is 6.61 Å². The minimum atomic E-state index is -0.634. The molecule has 3 unspecified atom stereocenters. The Hall–Kier alpha value is -3.71. The lowest BCUT2D eigenvalue weighted by Crippen LogP contribution is -2.50. The fraction of sp³-hybridized carbons (Fsp3) is 0.441. The van der Waals surface area contributed by atoms with Crippen LogP contribution in [-0.4, -0.2) is 47.7 Å². The summed E-state index contributed by atoms with van der Waals surface area (Å²) in [6.45, 7) is 7.46. The summed E-state index contributed by atoms with van der Waals surface area (Å²) >= 11 is 0. The molecule has 0 radical (unpaired) electrons. The normalized spacial score (nSPS) is 16.1. The van der Waals surface area contributed by atoms with Gasteiger partial charge in [-0.05, 0) is 49.7 Å². The maximum Gasteiger partial charge on any atom is 0.309 e. The van der Waals surface area contributed by atoms with Gasteiger partial charge >= 0.3 is 5.97 Å². The average molecular weight is 561 g/mol. The molecule has 1 saturated carbocycles. The van der Waals surface area contributed by atoms with Gasteiger partial charge in [0.25, 0.3) is 0 Å². The second kappa shape index (κ2) is 16.5. The molecule has 1 aliphatic carbocycles. The third kappa shape index (κ3) is 10.3. The lowest BCUT2D eigenvalue weighted by atomic mass is 9.95. The summed E-state index contributed by atoms with van der Waals surface area (Å²) < 4.78 is 5.77. The van der Waals surface area contributed by atoms with Crippen LogP contribution in [0.3, 0.4) is 0 Å². The van der Waals surface area contributed by atoms with Gasteiger partial charge in [-0.1, -0.05) is 85.7 Å². The highest BCUT2D eigenvalue weighted by Gasteiger charge is 2.35. The molecule has 2 amide bonds. The van der Waals surface area contributed by atoms with E-state index in [0.29, 0.717) is 25.7 Å². The molecule has 0 spiro atoms. The van der Waals surface area contributed by atoms with Crippen molar-refractivity contribution in [2.24, 2.45) is 11.8 Å². The van der Waals surface area contributed by atoms with Crippen molar-refractivity contribution in [3.05, 3.63) is 97.1 Å². The van der Waals surface area contributed by atoms with Gasteiger partial charge < -0.3 is 20.5 Å². The first-order valence-corrected chi connectivity index (χ1v) is 14.6. The van der Waals surface area contributed by atoms with Gasteiger partial charge in [-0.25, -0.2) is 0 Å². The summed E-state index contributed by atoms with van der Waals surface area (Å²) in [5.74, 6) is -1.91. The summed E-state index contributed by atoms with van der Waals surface area (Å²) in [6, 6.07) is 19.0. The van der Waals surface area contributed by atoms with E-state index in [0.717, 1.165) is 36.8 Å². The van der Waals surface area contributed by atoms with Crippen LogP contribution in [0.1, 0.15) is 56.1 Å². The summed E-state index contributed by atoms with van der Waals surface area (Å²) in [6.07, 6.45) is 8.50. The summed E-state index contributed by atoms with van der Waals surface area (Å²) in [5, 5.41) is 15.9. The van der Waals surface area contributed by atoms with Gasteiger partial charge in [-0.3, -0.25) is 14.4 Å². The molecule has 0 aromatic heterocycles. The van der Waals surface area contributed by atoms with Gasteiger partial charge in [0, 0.05) is 6.42 Å². The summed E-state index contributed by atoms with van der Waals surface area (Å²) in [7, 11) is 0. The number of carbonyl (C=O) groups is 3. The SMILES string of the molecule is C=CCC(CC(=O)NC1(CO)CCCC1)C(=O)NC(COC(=O)C(CC=C)Cc1ccccc1)Cc1ccccc1. The van der Waals surface area contributed by atoms with E-state index < -0.39 is 17.5 Å². The van der Waals surface area contributed by atoms with Crippen molar-refractivity contribution in [2.45, 2.75) is 69.4 Å². The Bertz CT molecular complexity index is 1130. The van der Waals surface area contributed by atoms with Gasteiger partial charge in [-0.2, -0.15) is 0 Å². The fourth-order valence-corrected chi connectivity index (χ4v) is 5.46. The zero-order valence-electron chi connectivity index (χ0n) is 23.9. The number of carbonyl (C=O) groups excluding carboxylic acids is 3. The van der Waals surface area contributed by atoms with Crippen molar-refractivity contribution in [3.8, 4) is 0 Å². The second-order valence-corrected chi connectivity index (χ2v) is 11.1. The van der Waals surface area contributed by atoms with Crippen LogP contribution in [0.2, 0.25) is 0 Å². The lowest BCUT2D eigenvalue weighted by molar-refractivity contribution is -0.149. The molecule has 220 valence electrons. The molecule has 2 aromatic rings. The van der Waals surface area contributed by atoms with Crippen LogP contribution in [0.4, 0.5) is 0 Å². The number of nitrogens with one attached hydrogen (secondary N) is 2. The monoisotopic (exact) mass is 560 g/mol. The topological polar surface area (TPSA) is 105 Å². The standard InChI is InChI=1S/C34H44N2O5/c1-3-13-28(23-31(38)36-34(25-37)19-11-12-20-34)32(39)35-30(22-27-17-9-6-10-18-27)24-41-33(40)29(14-4-2)21-26-15-7-5-8-16-26/h3-10,15-18,28-30,37H,1-2,11-14,19-25H2,(H,35,39)(H,36,38). The van der Waals surface area contributed by atoms with Crippen LogP contribution in [0.15, 0.2) is 86.0 Å². The number of allylic oxidation sites excluding steroid dienone is 2. The van der Waals surface area contributed by atoms with E-state index in [4.69, 9.17) is 4.74 Å². The van der Waals surface area contributed by atoms with Crippen LogP contribution in [0, 0.1) is 11.8 Å². The lowest BCUT2D eigenvalue weighted by Gasteiger charge is -2.29. The van der Waals surface area contributed by atoms with E-state index in [2.05, 4.69) is 23.8 Å². The Morgan fingerprint density at radius 3 is 2.00 bits per heavy atom. The van der Waals surface area contributed by atoms with Crippen LogP contribution in [0.25, 0.3) is 0 Å². The average Bonchev–Trinajstić information content (AvgIpc) is 3.45. The van der Waals surface area contributed by atoms with Crippen LogP contribution in [0.5, 0.6) is 0 Å². The van der Waals surface area contributed by atoms with E-state index in [1.807, 2.05) is 60.7 Å². The van der Waals surface area contributed by atoms with Crippen molar-refractivity contribution < 1.29 is 24.2 Å². The fourth-order valence-electron chi connectivity index (χ4n) is 5.46. The molecule has 7 heteroatoms. The first-order chi connectivity index (χ1) is 19.9. The summed E-state index contributed by atoms with van der Waals surface area (Å²) in [4.78, 5) is 39.5. The molecule has 3 atom stereocenters.